The van der Waals surface area contributed by atoms with Crippen molar-refractivity contribution in [2.24, 2.45) is 5.92 Å². The number of imidazole rings is 1. The zero-order valence-electron chi connectivity index (χ0n) is 15.3. The maximum Gasteiger partial charge on any atom is 0.328 e. The number of nitrogens with one attached hydrogen (secondary N) is 2. The van der Waals surface area contributed by atoms with Gasteiger partial charge in [-0.05, 0) is 37.0 Å². The van der Waals surface area contributed by atoms with E-state index in [1.165, 1.54) is 12.3 Å². The second kappa shape index (κ2) is 8.35. The Morgan fingerprint density at radius 3 is 2.79 bits per heavy atom. The van der Waals surface area contributed by atoms with Gasteiger partial charge >= 0.3 is 11.9 Å². The molecule has 0 bridgehead atoms. The SMILES string of the molecule is [C-]#[N+]c1cnc(C(=O)Nc2ccc(/C=C/C(=O)O)nc2N2CCC(C)CC2)[nH]1. The summed E-state index contributed by atoms with van der Waals surface area (Å²) in [6.07, 6.45) is 5.76. The maximum atomic E-state index is 12.5. The largest absolute Gasteiger partial charge is 0.478 e. The van der Waals surface area contributed by atoms with Crippen LogP contribution in [0.4, 0.5) is 17.3 Å². The van der Waals surface area contributed by atoms with Crippen LogP contribution in [-0.4, -0.2) is 45.0 Å². The zero-order chi connectivity index (χ0) is 20.1. The second-order valence-corrected chi connectivity index (χ2v) is 6.63. The van der Waals surface area contributed by atoms with Crippen molar-refractivity contribution < 1.29 is 14.7 Å². The molecule has 1 fully saturated rings. The van der Waals surface area contributed by atoms with Crippen molar-refractivity contribution in [1.29, 1.82) is 0 Å². The average molecular weight is 380 g/mol. The molecule has 0 atom stereocenters. The van der Waals surface area contributed by atoms with Gasteiger partial charge in [0.15, 0.2) is 5.82 Å². The van der Waals surface area contributed by atoms with Crippen molar-refractivity contribution in [2.45, 2.75) is 19.8 Å². The molecule has 3 heterocycles. The van der Waals surface area contributed by atoms with Gasteiger partial charge in [-0.15, -0.1) is 0 Å². The number of amides is 1. The summed E-state index contributed by atoms with van der Waals surface area (Å²) in [5, 5.41) is 11.6. The minimum absolute atomic E-state index is 0.0408. The third kappa shape index (κ3) is 4.54. The fourth-order valence-corrected chi connectivity index (χ4v) is 2.94. The van der Waals surface area contributed by atoms with Crippen LogP contribution in [-0.2, 0) is 4.79 Å². The molecule has 1 aliphatic rings. The second-order valence-electron chi connectivity index (χ2n) is 6.63. The van der Waals surface area contributed by atoms with Gasteiger partial charge < -0.3 is 20.2 Å². The molecule has 9 heteroatoms. The summed E-state index contributed by atoms with van der Waals surface area (Å²) in [4.78, 5) is 39.6. The molecule has 9 nitrogen and oxygen atoms in total. The van der Waals surface area contributed by atoms with Crippen molar-refractivity contribution in [3.8, 4) is 0 Å². The Morgan fingerprint density at radius 2 is 2.14 bits per heavy atom. The summed E-state index contributed by atoms with van der Waals surface area (Å²) in [6, 6.07) is 3.33. The molecule has 3 N–H and O–H groups in total. The van der Waals surface area contributed by atoms with Gasteiger partial charge in [0, 0.05) is 19.2 Å². The van der Waals surface area contributed by atoms with Crippen LogP contribution in [0.25, 0.3) is 10.9 Å². The highest BCUT2D eigenvalue weighted by Crippen LogP contribution is 2.29. The highest BCUT2D eigenvalue weighted by atomic mass is 16.4. The number of piperidine rings is 1. The maximum absolute atomic E-state index is 12.5. The summed E-state index contributed by atoms with van der Waals surface area (Å²) < 4.78 is 0. The lowest BCUT2D eigenvalue weighted by molar-refractivity contribution is -0.131. The number of carboxylic acid groups (broad SMARTS) is 1. The fourth-order valence-electron chi connectivity index (χ4n) is 2.94. The number of carboxylic acids is 1. The van der Waals surface area contributed by atoms with Gasteiger partial charge in [0.1, 0.15) is 0 Å². The minimum atomic E-state index is -1.05. The van der Waals surface area contributed by atoms with E-state index in [2.05, 4.69) is 36.9 Å². The number of hydrogen-bond donors (Lipinski definition) is 3. The van der Waals surface area contributed by atoms with Crippen LogP contribution in [0.2, 0.25) is 0 Å². The molecular formula is C19H20N6O3. The van der Waals surface area contributed by atoms with E-state index in [9.17, 15) is 9.59 Å². The molecule has 1 aliphatic heterocycles. The molecule has 2 aromatic heterocycles. The van der Waals surface area contributed by atoms with Gasteiger partial charge in [-0.3, -0.25) is 9.78 Å². The number of aromatic nitrogens is 3. The van der Waals surface area contributed by atoms with Gasteiger partial charge in [0.05, 0.1) is 17.6 Å². The summed E-state index contributed by atoms with van der Waals surface area (Å²) in [5.74, 6) is -0.0934. The summed E-state index contributed by atoms with van der Waals surface area (Å²) in [6.45, 7) is 10.7. The van der Waals surface area contributed by atoms with Crippen LogP contribution in [0.3, 0.4) is 0 Å². The third-order valence-corrected chi connectivity index (χ3v) is 4.52. The predicted octanol–water partition coefficient (Wildman–Crippen LogP) is 2.94. The van der Waals surface area contributed by atoms with Crippen LogP contribution < -0.4 is 10.2 Å². The van der Waals surface area contributed by atoms with Crippen molar-refractivity contribution >= 4 is 35.3 Å². The van der Waals surface area contributed by atoms with Crippen molar-refractivity contribution in [2.75, 3.05) is 23.3 Å². The van der Waals surface area contributed by atoms with Gasteiger partial charge in [0.2, 0.25) is 5.82 Å². The molecule has 28 heavy (non-hydrogen) atoms. The quantitative estimate of drug-likeness (QED) is 0.543. The van der Waals surface area contributed by atoms with Crippen LogP contribution in [0, 0.1) is 12.5 Å². The molecule has 2 aromatic rings. The molecule has 0 saturated carbocycles. The Morgan fingerprint density at radius 1 is 1.39 bits per heavy atom. The number of pyridine rings is 1. The lowest BCUT2D eigenvalue weighted by Crippen LogP contribution is -2.34. The molecule has 0 aliphatic carbocycles. The Bertz CT molecular complexity index is 951. The van der Waals surface area contributed by atoms with E-state index >= 15 is 0 Å². The van der Waals surface area contributed by atoms with Gasteiger partial charge in [-0.2, -0.15) is 0 Å². The number of hydrogen-bond acceptors (Lipinski definition) is 5. The predicted molar refractivity (Wildman–Crippen MR) is 104 cm³/mol. The fraction of sp³-hybridized carbons (Fsp3) is 0.316. The van der Waals surface area contributed by atoms with Crippen LogP contribution in [0.1, 0.15) is 36.1 Å². The summed E-state index contributed by atoms with van der Waals surface area (Å²) >= 11 is 0. The van der Waals surface area contributed by atoms with Crippen molar-refractivity contribution in [1.82, 2.24) is 15.0 Å². The first-order valence-electron chi connectivity index (χ1n) is 8.87. The molecule has 0 aromatic carbocycles. The van der Waals surface area contributed by atoms with Crippen molar-refractivity contribution in [3.05, 3.63) is 47.3 Å². The number of aliphatic carboxylic acids is 1. The van der Waals surface area contributed by atoms with E-state index < -0.39 is 11.9 Å². The Balaban J connectivity index is 1.88. The zero-order valence-corrected chi connectivity index (χ0v) is 15.3. The Kier molecular flexibility index (Phi) is 5.69. The molecule has 3 rings (SSSR count). The lowest BCUT2D eigenvalue weighted by Gasteiger charge is -2.32. The highest BCUT2D eigenvalue weighted by Gasteiger charge is 2.22. The minimum Gasteiger partial charge on any atom is -0.478 e. The molecule has 0 unspecified atom stereocenters. The number of carbonyl (C=O) groups excluding carboxylic acids is 1. The van der Waals surface area contributed by atoms with Gasteiger partial charge in [-0.1, -0.05) is 13.5 Å². The normalized spacial score (nSPS) is 14.8. The number of anilines is 2. The number of aromatic amines is 1. The van der Waals surface area contributed by atoms with E-state index in [1.54, 1.807) is 12.1 Å². The number of carbonyl (C=O) groups is 2. The van der Waals surface area contributed by atoms with E-state index in [1.807, 2.05) is 0 Å². The van der Waals surface area contributed by atoms with Gasteiger partial charge in [0.25, 0.3) is 5.82 Å². The van der Waals surface area contributed by atoms with E-state index in [4.69, 9.17) is 11.7 Å². The summed E-state index contributed by atoms with van der Waals surface area (Å²) in [7, 11) is 0. The molecule has 1 amide bonds. The monoisotopic (exact) mass is 380 g/mol. The molecular weight excluding hydrogens is 360 g/mol. The summed E-state index contributed by atoms with van der Waals surface area (Å²) in [5.41, 5.74) is 0.995. The first kappa shape index (κ1) is 19.1. The topological polar surface area (TPSA) is 116 Å². The van der Waals surface area contributed by atoms with E-state index in [0.29, 0.717) is 23.1 Å². The van der Waals surface area contributed by atoms with Crippen LogP contribution in [0.15, 0.2) is 24.4 Å². The van der Waals surface area contributed by atoms with Crippen LogP contribution >= 0.6 is 0 Å². The molecule has 0 spiro atoms. The van der Waals surface area contributed by atoms with Crippen molar-refractivity contribution in [3.63, 3.8) is 0 Å². The first-order chi connectivity index (χ1) is 13.5. The van der Waals surface area contributed by atoms with Crippen LogP contribution in [0.5, 0.6) is 0 Å². The van der Waals surface area contributed by atoms with E-state index in [0.717, 1.165) is 32.0 Å². The molecule has 144 valence electrons. The molecule has 0 radical (unpaired) electrons. The standard InChI is InChI=1S/C19H20N6O3/c1-12-7-9-25(10-8-12)18-14(5-3-13(22-18)4-6-16(26)27)23-19(28)17-21-11-15(20-2)24-17/h3-6,11-12H,7-10H2,1H3,(H,21,24)(H,23,28)(H,26,27)/b6-4+. The number of nitrogens with zero attached hydrogens (tertiary/aromatic N) is 4. The number of H-pyrrole nitrogens is 1. The average Bonchev–Trinajstić information content (AvgIpc) is 3.17. The number of rotatable bonds is 5. The van der Waals surface area contributed by atoms with E-state index in [-0.39, 0.29) is 11.6 Å². The smallest absolute Gasteiger partial charge is 0.328 e. The van der Waals surface area contributed by atoms with Gasteiger partial charge in [-0.25, -0.2) is 14.8 Å². The lowest BCUT2D eigenvalue weighted by atomic mass is 9.99. The Labute approximate surface area is 161 Å². The first-order valence-corrected chi connectivity index (χ1v) is 8.87. The Hall–Kier alpha value is -3.67. The third-order valence-electron chi connectivity index (χ3n) is 4.52. The molecule has 1 saturated heterocycles. The highest BCUT2D eigenvalue weighted by molar-refractivity contribution is 6.03.